The van der Waals surface area contributed by atoms with Crippen LogP contribution >= 0.6 is 15.9 Å². The van der Waals surface area contributed by atoms with Crippen LogP contribution in [0.4, 0.5) is 4.39 Å². The fraction of sp³-hybridized carbons (Fsp3) is 0.125. The van der Waals surface area contributed by atoms with E-state index in [1.807, 2.05) is 0 Å². The second kappa shape index (κ2) is 6.98. The second-order valence-corrected chi connectivity index (χ2v) is 6.24. The summed E-state index contributed by atoms with van der Waals surface area (Å²) in [5.74, 6) is -2.34. The number of carboxylic acids is 1. The number of carboxylic acid groups (broad SMARTS) is 1. The summed E-state index contributed by atoms with van der Waals surface area (Å²) >= 11 is 3.30. The number of halogens is 2. The third-order valence-corrected chi connectivity index (χ3v) is 4.12. The Labute approximate surface area is 149 Å². The maximum atomic E-state index is 13.7. The van der Waals surface area contributed by atoms with Gasteiger partial charge in [-0.15, -0.1) is 0 Å². The van der Waals surface area contributed by atoms with Crippen molar-refractivity contribution >= 4 is 38.8 Å². The Morgan fingerprint density at radius 2 is 1.96 bits per heavy atom. The van der Waals surface area contributed by atoms with Crippen LogP contribution in [0.3, 0.4) is 0 Å². The van der Waals surface area contributed by atoms with Gasteiger partial charge in [-0.2, -0.15) is 15.4 Å². The van der Waals surface area contributed by atoms with Crippen molar-refractivity contribution in [3.63, 3.8) is 0 Å². The van der Waals surface area contributed by atoms with E-state index in [0.29, 0.717) is 5.56 Å². The fourth-order valence-electron chi connectivity index (χ4n) is 2.45. The number of rotatable bonds is 5. The third-order valence-electron chi connectivity index (χ3n) is 3.59. The smallest absolute Gasteiger partial charge is 0.305 e. The minimum absolute atomic E-state index is 0.0174. The molecule has 0 aliphatic heterocycles. The molecule has 0 aliphatic carbocycles. The molecule has 0 unspecified atom stereocenters. The number of amides is 1. The van der Waals surface area contributed by atoms with E-state index >= 15 is 0 Å². The summed E-state index contributed by atoms with van der Waals surface area (Å²) in [5, 5.41) is 21.7. The molecule has 0 bridgehead atoms. The molecule has 9 heteroatoms. The van der Waals surface area contributed by atoms with E-state index in [4.69, 9.17) is 5.11 Å². The summed E-state index contributed by atoms with van der Waals surface area (Å²) in [5.41, 5.74) is 1.02. The summed E-state index contributed by atoms with van der Waals surface area (Å²) in [6, 6.07) is 8.31. The maximum Gasteiger partial charge on any atom is 0.305 e. The molecule has 0 fully saturated rings. The zero-order valence-electron chi connectivity index (χ0n) is 12.7. The van der Waals surface area contributed by atoms with Gasteiger partial charge in [-0.25, -0.2) is 4.39 Å². The number of fused-ring (bicyclic) bond motifs is 1. The molecule has 7 nitrogen and oxygen atoms in total. The third kappa shape index (κ3) is 3.82. The summed E-state index contributed by atoms with van der Waals surface area (Å²) in [4.78, 5) is 23.7. The Morgan fingerprint density at radius 1 is 1.24 bits per heavy atom. The molecule has 0 radical (unpaired) electrons. The largest absolute Gasteiger partial charge is 0.481 e. The van der Waals surface area contributed by atoms with Gasteiger partial charge in [-0.1, -0.05) is 28.1 Å². The van der Waals surface area contributed by atoms with Crippen molar-refractivity contribution in [3.05, 3.63) is 57.8 Å². The van der Waals surface area contributed by atoms with E-state index in [9.17, 15) is 14.0 Å². The highest BCUT2D eigenvalue weighted by Gasteiger charge is 2.22. The normalized spacial score (nSPS) is 12.1. The number of nitrogens with one attached hydrogen (secondary N) is 2. The molecule has 3 aromatic rings. The Morgan fingerprint density at radius 3 is 2.64 bits per heavy atom. The highest BCUT2D eigenvalue weighted by Crippen LogP contribution is 2.22. The van der Waals surface area contributed by atoms with Crippen LogP contribution in [0.15, 0.2) is 40.9 Å². The summed E-state index contributed by atoms with van der Waals surface area (Å²) in [7, 11) is 0. The van der Waals surface area contributed by atoms with Crippen LogP contribution in [0.5, 0.6) is 0 Å². The van der Waals surface area contributed by atoms with Gasteiger partial charge >= 0.3 is 5.97 Å². The minimum atomic E-state index is -1.07. The highest BCUT2D eigenvalue weighted by molar-refractivity contribution is 9.10. The first-order chi connectivity index (χ1) is 11.9. The molecular weight excluding hydrogens is 395 g/mol. The number of H-pyrrole nitrogens is 1. The number of benzene rings is 2. The first-order valence-electron chi connectivity index (χ1n) is 7.22. The molecule has 128 valence electrons. The van der Waals surface area contributed by atoms with E-state index in [-0.39, 0.29) is 23.0 Å². The lowest BCUT2D eigenvalue weighted by atomic mass is 10.0. The summed E-state index contributed by atoms with van der Waals surface area (Å²) in [6.45, 7) is 0. The predicted octanol–water partition coefficient (Wildman–Crippen LogP) is 2.81. The number of carbonyl (C=O) groups is 2. The molecule has 0 aliphatic rings. The average Bonchev–Trinajstić information content (AvgIpc) is 3.01. The van der Waals surface area contributed by atoms with Crippen LogP contribution in [0, 0.1) is 5.82 Å². The number of aromatic amines is 1. The first-order valence-corrected chi connectivity index (χ1v) is 8.01. The molecule has 25 heavy (non-hydrogen) atoms. The van der Waals surface area contributed by atoms with Crippen molar-refractivity contribution in [2.45, 2.75) is 12.5 Å². The highest BCUT2D eigenvalue weighted by atomic mass is 79.9. The predicted molar refractivity (Wildman–Crippen MR) is 90.4 cm³/mol. The van der Waals surface area contributed by atoms with E-state index in [2.05, 4.69) is 36.7 Å². The Kier molecular flexibility index (Phi) is 4.75. The van der Waals surface area contributed by atoms with E-state index in [1.165, 1.54) is 0 Å². The standard InChI is InChI=1S/C16H12BrFN4O3/c17-9-3-1-8(2-4-9)12(7-14(23)24)19-16(25)11-5-10(18)6-13-15(11)21-22-20-13/h1-6,12H,7H2,(H,19,25)(H,23,24)(H,20,21,22)/t12-/m0/s1. The Balaban J connectivity index is 1.92. The van der Waals surface area contributed by atoms with Gasteiger partial charge < -0.3 is 10.4 Å². The number of aliphatic carboxylic acids is 1. The van der Waals surface area contributed by atoms with Gasteiger partial charge in [0.05, 0.1) is 18.0 Å². The zero-order valence-corrected chi connectivity index (χ0v) is 14.2. The van der Waals surface area contributed by atoms with Crippen molar-refractivity contribution in [1.29, 1.82) is 0 Å². The summed E-state index contributed by atoms with van der Waals surface area (Å²) in [6.07, 6.45) is -0.315. The van der Waals surface area contributed by atoms with Gasteiger partial charge in [0.1, 0.15) is 16.9 Å². The first kappa shape index (κ1) is 17.0. The van der Waals surface area contributed by atoms with Crippen molar-refractivity contribution in [3.8, 4) is 0 Å². The van der Waals surface area contributed by atoms with Crippen molar-refractivity contribution in [1.82, 2.24) is 20.7 Å². The molecule has 0 spiro atoms. The number of carbonyl (C=O) groups excluding carboxylic acids is 1. The van der Waals surface area contributed by atoms with Gasteiger partial charge in [0.15, 0.2) is 0 Å². The van der Waals surface area contributed by atoms with E-state index in [1.54, 1.807) is 24.3 Å². The lowest BCUT2D eigenvalue weighted by molar-refractivity contribution is -0.137. The van der Waals surface area contributed by atoms with Crippen LogP contribution in [-0.2, 0) is 4.79 Å². The van der Waals surface area contributed by atoms with E-state index in [0.717, 1.165) is 16.6 Å². The quantitative estimate of drug-likeness (QED) is 0.603. The molecule has 3 rings (SSSR count). The molecule has 3 N–H and O–H groups in total. The Hall–Kier alpha value is -2.81. The van der Waals surface area contributed by atoms with Crippen LogP contribution in [0.1, 0.15) is 28.4 Å². The van der Waals surface area contributed by atoms with E-state index < -0.39 is 23.7 Å². The van der Waals surface area contributed by atoms with Crippen molar-refractivity contribution in [2.75, 3.05) is 0 Å². The van der Waals surface area contributed by atoms with Gasteiger partial charge in [-0.05, 0) is 23.8 Å². The molecule has 0 saturated carbocycles. The molecular formula is C16H12BrFN4O3. The minimum Gasteiger partial charge on any atom is -0.481 e. The van der Waals surface area contributed by atoms with Gasteiger partial charge in [0, 0.05) is 10.5 Å². The molecule has 0 saturated heterocycles. The fourth-order valence-corrected chi connectivity index (χ4v) is 2.71. The van der Waals surface area contributed by atoms with Gasteiger partial charge in [0.25, 0.3) is 5.91 Å². The Bertz CT molecular complexity index is 942. The van der Waals surface area contributed by atoms with Crippen LogP contribution < -0.4 is 5.32 Å². The number of aromatic nitrogens is 3. The SMILES string of the molecule is O=C(O)C[C@H](NC(=O)c1cc(F)cc2n[nH]nc12)c1ccc(Br)cc1. The van der Waals surface area contributed by atoms with Crippen LogP contribution in [0.25, 0.3) is 11.0 Å². The van der Waals surface area contributed by atoms with Crippen molar-refractivity contribution in [2.24, 2.45) is 0 Å². The molecule has 1 aromatic heterocycles. The number of nitrogens with zero attached hydrogens (tertiary/aromatic N) is 2. The molecule has 1 heterocycles. The lowest BCUT2D eigenvalue weighted by Crippen LogP contribution is -2.30. The van der Waals surface area contributed by atoms with Crippen LogP contribution in [-0.4, -0.2) is 32.4 Å². The summed E-state index contributed by atoms with van der Waals surface area (Å²) < 4.78 is 14.5. The lowest BCUT2D eigenvalue weighted by Gasteiger charge is -2.17. The second-order valence-electron chi connectivity index (χ2n) is 5.32. The number of hydrogen-bond acceptors (Lipinski definition) is 4. The zero-order chi connectivity index (χ0) is 18.0. The molecule has 2 aromatic carbocycles. The van der Waals surface area contributed by atoms with Gasteiger partial charge in [0.2, 0.25) is 0 Å². The molecule has 1 amide bonds. The van der Waals surface area contributed by atoms with Crippen LogP contribution in [0.2, 0.25) is 0 Å². The van der Waals surface area contributed by atoms with Gasteiger partial charge in [-0.3, -0.25) is 9.59 Å². The monoisotopic (exact) mass is 406 g/mol. The van der Waals surface area contributed by atoms with Crippen molar-refractivity contribution < 1.29 is 19.1 Å². The number of hydrogen-bond donors (Lipinski definition) is 3. The topological polar surface area (TPSA) is 108 Å². The molecule has 1 atom stereocenters. The average molecular weight is 407 g/mol. The maximum absolute atomic E-state index is 13.7.